The first kappa shape index (κ1) is 15.8. The zero-order chi connectivity index (χ0) is 16.3. The molecule has 114 valence electrons. The minimum Gasteiger partial charge on any atom is -0.332 e. The van der Waals surface area contributed by atoms with Crippen LogP contribution in [-0.2, 0) is 0 Å². The predicted molar refractivity (Wildman–Crippen MR) is 88.8 cm³/mol. The van der Waals surface area contributed by atoms with Crippen molar-refractivity contribution in [1.82, 2.24) is 0 Å². The van der Waals surface area contributed by atoms with Gasteiger partial charge in [-0.15, -0.1) is 0 Å². The van der Waals surface area contributed by atoms with E-state index < -0.39 is 10.7 Å². The fraction of sp³-hybridized carbons (Fsp3) is 0.133. The van der Waals surface area contributed by atoms with Crippen molar-refractivity contribution in [2.24, 2.45) is 0 Å². The normalized spacial score (nSPS) is 10.1. The van der Waals surface area contributed by atoms with Crippen molar-refractivity contribution in [3.8, 4) is 0 Å². The molecule has 0 aromatic heterocycles. The molecule has 7 heteroatoms. The van der Waals surface area contributed by atoms with E-state index in [2.05, 4.69) is 10.6 Å². The summed E-state index contributed by atoms with van der Waals surface area (Å²) in [4.78, 5) is 10.3. The molecule has 0 radical (unpaired) electrons. The predicted octanol–water partition coefficient (Wildman–Crippen LogP) is 4.16. The maximum Gasteiger partial charge on any atom is 0.295 e. The first-order valence-corrected chi connectivity index (χ1v) is 6.87. The molecule has 0 amide bonds. The lowest BCUT2D eigenvalue weighted by Crippen LogP contribution is -2.20. The third-order valence-corrected chi connectivity index (χ3v) is 3.24. The molecule has 2 N–H and O–H groups in total. The molecule has 2 aromatic carbocycles. The van der Waals surface area contributed by atoms with Gasteiger partial charge in [0.1, 0.15) is 11.5 Å². The lowest BCUT2D eigenvalue weighted by Gasteiger charge is -2.13. The first-order valence-electron chi connectivity index (χ1n) is 6.46. The molecule has 5 nitrogen and oxygen atoms in total. The molecule has 0 aliphatic rings. The van der Waals surface area contributed by atoms with Gasteiger partial charge < -0.3 is 10.6 Å². The molecule has 0 unspecified atom stereocenters. The number of nitro groups is 1. The second-order valence-corrected chi connectivity index (χ2v) is 5.22. The van der Waals surface area contributed by atoms with E-state index in [4.69, 9.17) is 12.2 Å². The summed E-state index contributed by atoms with van der Waals surface area (Å²) >= 11 is 5.15. The van der Waals surface area contributed by atoms with Crippen molar-refractivity contribution in [3.63, 3.8) is 0 Å². The minimum atomic E-state index is -0.675. The van der Waals surface area contributed by atoms with E-state index in [-0.39, 0.29) is 16.5 Å². The molecule has 22 heavy (non-hydrogen) atoms. The number of nitro benzene ring substituents is 1. The molecule has 0 aliphatic carbocycles. The molecule has 2 aromatic rings. The van der Waals surface area contributed by atoms with Crippen LogP contribution in [0.5, 0.6) is 0 Å². The molecule has 0 fully saturated rings. The largest absolute Gasteiger partial charge is 0.332 e. The molecular weight excluding hydrogens is 305 g/mol. The smallest absolute Gasteiger partial charge is 0.295 e. The number of anilines is 2. The van der Waals surface area contributed by atoms with Crippen molar-refractivity contribution in [1.29, 1.82) is 0 Å². The van der Waals surface area contributed by atoms with Crippen LogP contribution in [0.15, 0.2) is 36.4 Å². The Labute approximate surface area is 132 Å². The third kappa shape index (κ3) is 3.76. The van der Waals surface area contributed by atoms with Crippen LogP contribution in [0.3, 0.4) is 0 Å². The number of nitrogens with one attached hydrogen (secondary N) is 2. The topological polar surface area (TPSA) is 67.2 Å². The number of rotatable bonds is 3. The van der Waals surface area contributed by atoms with Gasteiger partial charge in [-0.3, -0.25) is 10.1 Å². The Hall–Kier alpha value is -2.54. The van der Waals surface area contributed by atoms with Crippen molar-refractivity contribution in [3.05, 3.63) is 63.5 Å². The maximum absolute atomic E-state index is 13.1. The average Bonchev–Trinajstić information content (AvgIpc) is 2.43. The van der Waals surface area contributed by atoms with Crippen LogP contribution in [0.25, 0.3) is 0 Å². The number of benzene rings is 2. The fourth-order valence-corrected chi connectivity index (χ4v) is 2.21. The number of halogens is 1. The molecule has 0 atom stereocenters. The van der Waals surface area contributed by atoms with Gasteiger partial charge in [-0.1, -0.05) is 17.7 Å². The number of hydrogen-bond donors (Lipinski definition) is 2. The van der Waals surface area contributed by atoms with Crippen molar-refractivity contribution in [2.45, 2.75) is 13.8 Å². The van der Waals surface area contributed by atoms with Gasteiger partial charge in [0.2, 0.25) is 0 Å². The Morgan fingerprint density at radius 1 is 1.14 bits per heavy atom. The summed E-state index contributed by atoms with van der Waals surface area (Å²) in [5.74, 6) is -0.675. The molecule has 2 rings (SSSR count). The second kappa shape index (κ2) is 6.48. The maximum atomic E-state index is 13.1. The van der Waals surface area contributed by atoms with Gasteiger partial charge in [-0.05, 0) is 49.8 Å². The highest BCUT2D eigenvalue weighted by Crippen LogP contribution is 2.25. The van der Waals surface area contributed by atoms with Crippen LogP contribution >= 0.6 is 12.2 Å². The highest BCUT2D eigenvalue weighted by molar-refractivity contribution is 7.80. The van der Waals surface area contributed by atoms with Gasteiger partial charge >= 0.3 is 0 Å². The quantitative estimate of drug-likeness (QED) is 0.505. The molecule has 0 heterocycles. The van der Waals surface area contributed by atoms with Crippen molar-refractivity contribution in [2.75, 3.05) is 10.6 Å². The number of aryl methyl sites for hydroxylation is 2. The molecule has 0 aliphatic heterocycles. The van der Waals surface area contributed by atoms with Crippen LogP contribution in [0.1, 0.15) is 11.1 Å². The van der Waals surface area contributed by atoms with E-state index >= 15 is 0 Å². The molecule has 0 saturated heterocycles. The van der Waals surface area contributed by atoms with Gasteiger partial charge in [0, 0.05) is 5.69 Å². The summed E-state index contributed by atoms with van der Waals surface area (Å²) in [6.07, 6.45) is 0. The first-order chi connectivity index (χ1) is 10.4. The SMILES string of the molecule is Cc1ccc(NC(=S)Nc2ccc(F)cc2[N+](=O)[O-])c(C)c1. The van der Waals surface area contributed by atoms with Crippen LogP contribution in [0, 0.1) is 29.8 Å². The highest BCUT2D eigenvalue weighted by Gasteiger charge is 2.16. The van der Waals surface area contributed by atoms with Gasteiger partial charge in [0.15, 0.2) is 5.11 Å². The molecular formula is C15H14FN3O2S. The van der Waals surface area contributed by atoms with Crippen molar-refractivity contribution >= 4 is 34.4 Å². The summed E-state index contributed by atoms with van der Waals surface area (Å²) in [5.41, 5.74) is 2.68. The summed E-state index contributed by atoms with van der Waals surface area (Å²) < 4.78 is 13.1. The molecule has 0 spiro atoms. The fourth-order valence-electron chi connectivity index (χ4n) is 1.99. The minimum absolute atomic E-state index is 0.133. The lowest BCUT2D eigenvalue weighted by molar-refractivity contribution is -0.384. The van der Waals surface area contributed by atoms with E-state index in [0.29, 0.717) is 0 Å². The lowest BCUT2D eigenvalue weighted by atomic mass is 10.1. The second-order valence-electron chi connectivity index (χ2n) is 4.82. The van der Waals surface area contributed by atoms with E-state index in [1.807, 2.05) is 32.0 Å². The summed E-state index contributed by atoms with van der Waals surface area (Å²) in [5, 5.41) is 16.8. The standard InChI is InChI=1S/C15H14FN3O2S/c1-9-3-5-12(10(2)7-9)17-15(22)18-13-6-4-11(16)8-14(13)19(20)21/h3-8H,1-2H3,(H2,17,18,22). The van der Waals surface area contributed by atoms with E-state index in [1.54, 1.807) is 0 Å². The zero-order valence-corrected chi connectivity index (χ0v) is 12.8. The third-order valence-electron chi connectivity index (χ3n) is 3.03. The monoisotopic (exact) mass is 319 g/mol. The highest BCUT2D eigenvalue weighted by atomic mass is 32.1. The number of thiocarbonyl (C=S) groups is 1. The Balaban J connectivity index is 2.17. The van der Waals surface area contributed by atoms with Crippen molar-refractivity contribution < 1.29 is 9.31 Å². The zero-order valence-electron chi connectivity index (χ0n) is 12.0. The van der Waals surface area contributed by atoms with Crippen LogP contribution < -0.4 is 10.6 Å². The molecule has 0 bridgehead atoms. The van der Waals surface area contributed by atoms with Gasteiger partial charge in [0.25, 0.3) is 5.69 Å². The Bertz CT molecular complexity index is 750. The van der Waals surface area contributed by atoms with E-state index in [0.717, 1.165) is 28.9 Å². The summed E-state index contributed by atoms with van der Waals surface area (Å²) in [6.45, 7) is 3.91. The average molecular weight is 319 g/mol. The van der Waals surface area contributed by atoms with E-state index in [1.165, 1.54) is 6.07 Å². The van der Waals surface area contributed by atoms with Gasteiger partial charge in [-0.25, -0.2) is 4.39 Å². The number of hydrogen-bond acceptors (Lipinski definition) is 3. The van der Waals surface area contributed by atoms with Gasteiger partial charge in [0.05, 0.1) is 11.0 Å². The van der Waals surface area contributed by atoms with E-state index in [9.17, 15) is 14.5 Å². The summed E-state index contributed by atoms with van der Waals surface area (Å²) in [7, 11) is 0. The van der Waals surface area contributed by atoms with Crippen LogP contribution in [-0.4, -0.2) is 10.0 Å². The van der Waals surface area contributed by atoms with Crippen LogP contribution in [0.4, 0.5) is 21.5 Å². The Morgan fingerprint density at radius 2 is 1.77 bits per heavy atom. The Morgan fingerprint density at radius 3 is 2.41 bits per heavy atom. The Kier molecular flexibility index (Phi) is 4.67. The van der Waals surface area contributed by atoms with Crippen LogP contribution in [0.2, 0.25) is 0 Å². The number of nitrogens with zero attached hydrogens (tertiary/aromatic N) is 1. The molecule has 0 saturated carbocycles. The summed E-state index contributed by atoms with van der Waals surface area (Å²) in [6, 6.07) is 9.06. The van der Waals surface area contributed by atoms with Gasteiger partial charge in [-0.2, -0.15) is 0 Å².